The highest BCUT2D eigenvalue weighted by molar-refractivity contribution is 7.17. The molecule has 0 aliphatic heterocycles. The van der Waals surface area contributed by atoms with Crippen LogP contribution in [0.4, 0.5) is 0 Å². The predicted molar refractivity (Wildman–Crippen MR) is 80.9 cm³/mol. The third kappa shape index (κ3) is 2.59. The fraction of sp³-hybridized carbons (Fsp3) is 0.333. The summed E-state index contributed by atoms with van der Waals surface area (Å²) in [5.74, 6) is 1.62. The van der Waals surface area contributed by atoms with Crippen molar-refractivity contribution in [3.63, 3.8) is 0 Å². The Morgan fingerprint density at radius 1 is 1.40 bits per heavy atom. The van der Waals surface area contributed by atoms with Gasteiger partial charge in [0.25, 0.3) is 0 Å². The Morgan fingerprint density at radius 2 is 2.25 bits per heavy atom. The quantitative estimate of drug-likeness (QED) is 0.794. The molecule has 1 atom stereocenters. The van der Waals surface area contributed by atoms with Crippen LogP contribution in [0.25, 0.3) is 10.2 Å². The molecular formula is C15H17N3OS. The topological polar surface area (TPSA) is 51.0 Å². The largest absolute Gasteiger partial charge is 0.444 e. The molecule has 3 heterocycles. The Morgan fingerprint density at radius 3 is 3.00 bits per heavy atom. The molecule has 0 aliphatic rings. The van der Waals surface area contributed by atoms with Gasteiger partial charge in [0.05, 0.1) is 22.5 Å². The van der Waals surface area contributed by atoms with Crippen LogP contribution in [0, 0.1) is 13.8 Å². The van der Waals surface area contributed by atoms with Crippen LogP contribution in [0.3, 0.4) is 0 Å². The third-order valence-electron chi connectivity index (χ3n) is 3.46. The van der Waals surface area contributed by atoms with Crippen LogP contribution in [-0.2, 0) is 6.54 Å². The summed E-state index contributed by atoms with van der Waals surface area (Å²) in [6, 6.07) is 4.44. The zero-order valence-electron chi connectivity index (χ0n) is 11.8. The molecule has 0 saturated heterocycles. The number of pyridine rings is 1. The van der Waals surface area contributed by atoms with Gasteiger partial charge < -0.3 is 9.73 Å². The lowest BCUT2D eigenvalue weighted by Gasteiger charge is -2.12. The van der Waals surface area contributed by atoms with Crippen molar-refractivity contribution in [2.45, 2.75) is 33.4 Å². The summed E-state index contributed by atoms with van der Waals surface area (Å²) < 4.78 is 6.79. The maximum atomic E-state index is 5.57. The molecule has 20 heavy (non-hydrogen) atoms. The van der Waals surface area contributed by atoms with Gasteiger partial charge in [0, 0.05) is 12.2 Å². The van der Waals surface area contributed by atoms with Gasteiger partial charge in [-0.25, -0.2) is 4.98 Å². The molecule has 4 nitrogen and oxygen atoms in total. The highest BCUT2D eigenvalue weighted by Gasteiger charge is 2.10. The van der Waals surface area contributed by atoms with E-state index < -0.39 is 0 Å². The highest BCUT2D eigenvalue weighted by Crippen LogP contribution is 2.22. The number of aromatic nitrogens is 2. The number of hydrogen-bond acceptors (Lipinski definition) is 5. The van der Waals surface area contributed by atoms with Crippen LogP contribution in [0.15, 0.2) is 28.1 Å². The first-order chi connectivity index (χ1) is 9.63. The molecule has 0 bridgehead atoms. The summed E-state index contributed by atoms with van der Waals surface area (Å²) in [4.78, 5) is 8.84. The van der Waals surface area contributed by atoms with Crippen LogP contribution in [0.1, 0.15) is 35.9 Å². The molecular weight excluding hydrogens is 270 g/mol. The molecule has 3 aromatic heterocycles. The van der Waals surface area contributed by atoms with Gasteiger partial charge in [-0.1, -0.05) is 0 Å². The second-order valence-corrected chi connectivity index (χ2v) is 5.87. The number of fused-ring (bicyclic) bond motifs is 1. The summed E-state index contributed by atoms with van der Waals surface area (Å²) in [5.41, 5.74) is 3.20. The molecule has 5 heteroatoms. The summed E-state index contributed by atoms with van der Waals surface area (Å²) in [6.07, 6.45) is 1.93. The van der Waals surface area contributed by atoms with Gasteiger partial charge in [0.1, 0.15) is 5.76 Å². The van der Waals surface area contributed by atoms with Crippen LogP contribution >= 0.6 is 11.3 Å². The Labute approximate surface area is 121 Å². The van der Waals surface area contributed by atoms with Crippen molar-refractivity contribution in [3.8, 4) is 0 Å². The van der Waals surface area contributed by atoms with Crippen molar-refractivity contribution in [2.75, 3.05) is 0 Å². The highest BCUT2D eigenvalue weighted by atomic mass is 32.1. The van der Waals surface area contributed by atoms with Crippen molar-refractivity contribution in [1.82, 2.24) is 15.3 Å². The average molecular weight is 287 g/mol. The molecule has 0 fully saturated rings. The molecule has 0 amide bonds. The van der Waals surface area contributed by atoms with Crippen molar-refractivity contribution in [2.24, 2.45) is 0 Å². The van der Waals surface area contributed by atoms with E-state index in [2.05, 4.69) is 33.7 Å². The maximum Gasteiger partial charge on any atom is 0.208 e. The minimum Gasteiger partial charge on any atom is -0.444 e. The van der Waals surface area contributed by atoms with Crippen LogP contribution < -0.4 is 5.32 Å². The molecule has 0 spiro atoms. The van der Waals surface area contributed by atoms with E-state index in [4.69, 9.17) is 4.42 Å². The molecule has 0 aromatic carbocycles. The van der Waals surface area contributed by atoms with Gasteiger partial charge in [0.15, 0.2) is 0 Å². The predicted octanol–water partition coefficient (Wildman–Crippen LogP) is 3.75. The number of thiophene rings is 1. The number of hydrogen-bond donors (Lipinski definition) is 1. The maximum absolute atomic E-state index is 5.57. The Kier molecular flexibility index (Phi) is 3.54. The van der Waals surface area contributed by atoms with E-state index >= 15 is 0 Å². The van der Waals surface area contributed by atoms with Gasteiger partial charge >= 0.3 is 0 Å². The molecule has 0 saturated carbocycles. The molecule has 3 aromatic rings. The van der Waals surface area contributed by atoms with E-state index in [1.54, 1.807) is 11.3 Å². The van der Waals surface area contributed by atoms with E-state index in [0.29, 0.717) is 6.54 Å². The zero-order chi connectivity index (χ0) is 14.1. The summed E-state index contributed by atoms with van der Waals surface area (Å²) >= 11 is 1.72. The van der Waals surface area contributed by atoms with Crippen LogP contribution in [0.2, 0.25) is 0 Å². The van der Waals surface area contributed by atoms with Crippen molar-refractivity contribution in [1.29, 1.82) is 0 Å². The lowest BCUT2D eigenvalue weighted by Crippen LogP contribution is -2.18. The fourth-order valence-corrected chi connectivity index (χ4v) is 2.86. The second kappa shape index (κ2) is 5.34. The summed E-state index contributed by atoms with van der Waals surface area (Å²) in [6.45, 7) is 6.64. The van der Waals surface area contributed by atoms with Crippen molar-refractivity contribution in [3.05, 3.63) is 46.6 Å². The van der Waals surface area contributed by atoms with E-state index in [-0.39, 0.29) is 6.04 Å². The third-order valence-corrected chi connectivity index (χ3v) is 4.31. The minimum absolute atomic E-state index is 0.210. The molecule has 104 valence electrons. The van der Waals surface area contributed by atoms with Gasteiger partial charge in [-0.15, -0.1) is 11.3 Å². The fourth-order valence-electron chi connectivity index (χ4n) is 2.07. The SMILES string of the molecule is Cc1nc(CNC(C)c2cnc3ccsc3c2)oc1C. The molecule has 0 aliphatic carbocycles. The van der Waals surface area contributed by atoms with Crippen LogP contribution in [0.5, 0.6) is 0 Å². The van der Waals surface area contributed by atoms with E-state index in [0.717, 1.165) is 22.9 Å². The molecule has 1 N–H and O–H groups in total. The van der Waals surface area contributed by atoms with E-state index in [1.807, 2.05) is 26.1 Å². The monoisotopic (exact) mass is 287 g/mol. The van der Waals surface area contributed by atoms with Gasteiger partial charge in [-0.05, 0) is 43.8 Å². The Bertz CT molecular complexity index is 712. The molecule has 0 radical (unpaired) electrons. The lowest BCUT2D eigenvalue weighted by molar-refractivity contribution is 0.432. The normalized spacial score (nSPS) is 12.9. The number of oxazole rings is 1. The minimum atomic E-state index is 0.210. The smallest absolute Gasteiger partial charge is 0.208 e. The van der Waals surface area contributed by atoms with E-state index in [9.17, 15) is 0 Å². The van der Waals surface area contributed by atoms with Crippen molar-refractivity contribution >= 4 is 21.6 Å². The number of nitrogens with one attached hydrogen (secondary N) is 1. The van der Waals surface area contributed by atoms with Gasteiger partial charge in [-0.3, -0.25) is 4.98 Å². The van der Waals surface area contributed by atoms with Crippen LogP contribution in [-0.4, -0.2) is 9.97 Å². The first kappa shape index (κ1) is 13.3. The standard InChI is InChI=1S/C15H17N3OS/c1-9-11(3)19-15(18-9)8-16-10(2)12-6-14-13(17-7-12)4-5-20-14/h4-7,10,16H,8H2,1-3H3. The number of aryl methyl sites for hydroxylation is 2. The van der Waals surface area contributed by atoms with Gasteiger partial charge in [-0.2, -0.15) is 0 Å². The summed E-state index contributed by atoms with van der Waals surface area (Å²) in [5, 5.41) is 5.49. The second-order valence-electron chi connectivity index (χ2n) is 4.92. The summed E-state index contributed by atoms with van der Waals surface area (Å²) in [7, 11) is 0. The zero-order valence-corrected chi connectivity index (χ0v) is 12.6. The Balaban J connectivity index is 1.70. The Hall–Kier alpha value is -1.72. The van der Waals surface area contributed by atoms with Crippen molar-refractivity contribution < 1.29 is 4.42 Å². The number of rotatable bonds is 4. The first-order valence-electron chi connectivity index (χ1n) is 6.63. The van der Waals surface area contributed by atoms with Gasteiger partial charge in [0.2, 0.25) is 5.89 Å². The lowest BCUT2D eigenvalue weighted by atomic mass is 10.1. The molecule has 3 rings (SSSR count). The first-order valence-corrected chi connectivity index (χ1v) is 7.51. The average Bonchev–Trinajstić information content (AvgIpc) is 3.02. The van der Waals surface area contributed by atoms with E-state index in [1.165, 1.54) is 10.3 Å². The number of nitrogens with zero attached hydrogens (tertiary/aromatic N) is 2. The molecule has 1 unspecified atom stereocenters.